The van der Waals surface area contributed by atoms with E-state index in [0.29, 0.717) is 13.1 Å². The van der Waals surface area contributed by atoms with Gasteiger partial charge in [-0.05, 0) is 48.2 Å². The van der Waals surface area contributed by atoms with Crippen molar-refractivity contribution in [1.82, 2.24) is 4.90 Å². The SMILES string of the molecule is CCN(Cc1ccc2c(c1)OCO2)C(=O)Nc1ccccc1Cc1ccccc1. The average molecular weight is 388 g/mol. The minimum Gasteiger partial charge on any atom is -0.454 e. The Morgan fingerprint density at radius 1 is 0.931 bits per heavy atom. The number of benzene rings is 3. The van der Waals surface area contributed by atoms with Gasteiger partial charge in [-0.25, -0.2) is 4.79 Å². The number of hydrogen-bond donors (Lipinski definition) is 1. The van der Waals surface area contributed by atoms with E-state index in [1.165, 1.54) is 5.56 Å². The predicted octanol–water partition coefficient (Wildman–Crippen LogP) is 5.06. The standard InChI is InChI=1S/C24H24N2O3/c1-2-26(16-19-12-13-22-23(15-19)29-17-28-22)24(27)25-21-11-7-6-10-20(21)14-18-8-4-3-5-9-18/h3-13,15H,2,14,16-17H2,1H3,(H,25,27). The minimum absolute atomic E-state index is 0.120. The highest BCUT2D eigenvalue weighted by Gasteiger charge is 2.17. The summed E-state index contributed by atoms with van der Waals surface area (Å²) in [5.74, 6) is 1.48. The lowest BCUT2D eigenvalue weighted by molar-refractivity contribution is 0.174. The maximum atomic E-state index is 12.9. The number of anilines is 1. The van der Waals surface area contributed by atoms with Crippen molar-refractivity contribution in [3.8, 4) is 11.5 Å². The molecule has 0 saturated heterocycles. The van der Waals surface area contributed by atoms with Crippen molar-refractivity contribution >= 4 is 11.7 Å². The molecule has 0 aliphatic carbocycles. The third-order valence-electron chi connectivity index (χ3n) is 4.98. The molecule has 5 nitrogen and oxygen atoms in total. The van der Waals surface area contributed by atoms with Crippen LogP contribution in [0.2, 0.25) is 0 Å². The molecule has 3 aromatic carbocycles. The van der Waals surface area contributed by atoms with Crippen molar-refractivity contribution in [3.63, 3.8) is 0 Å². The zero-order valence-electron chi connectivity index (χ0n) is 16.4. The van der Waals surface area contributed by atoms with Gasteiger partial charge < -0.3 is 19.7 Å². The van der Waals surface area contributed by atoms with Gasteiger partial charge in [0.15, 0.2) is 11.5 Å². The second-order valence-electron chi connectivity index (χ2n) is 6.95. The van der Waals surface area contributed by atoms with Crippen molar-refractivity contribution < 1.29 is 14.3 Å². The number of carbonyl (C=O) groups excluding carboxylic acids is 1. The second kappa shape index (κ2) is 8.69. The largest absolute Gasteiger partial charge is 0.454 e. The Morgan fingerprint density at radius 3 is 2.52 bits per heavy atom. The lowest BCUT2D eigenvalue weighted by Crippen LogP contribution is -2.34. The third-order valence-corrected chi connectivity index (χ3v) is 4.98. The van der Waals surface area contributed by atoms with E-state index in [1.807, 2.05) is 61.5 Å². The molecule has 148 valence electrons. The molecule has 1 heterocycles. The van der Waals surface area contributed by atoms with Crippen LogP contribution in [0.25, 0.3) is 0 Å². The lowest BCUT2D eigenvalue weighted by Gasteiger charge is -2.22. The van der Waals surface area contributed by atoms with Gasteiger partial charge in [0.25, 0.3) is 0 Å². The van der Waals surface area contributed by atoms with E-state index in [2.05, 4.69) is 23.5 Å². The summed E-state index contributed by atoms with van der Waals surface area (Å²) in [6.07, 6.45) is 0.769. The van der Waals surface area contributed by atoms with Crippen LogP contribution < -0.4 is 14.8 Å². The predicted molar refractivity (Wildman–Crippen MR) is 113 cm³/mol. The molecule has 1 N–H and O–H groups in total. The number of rotatable bonds is 6. The van der Waals surface area contributed by atoms with E-state index in [9.17, 15) is 4.79 Å². The summed E-state index contributed by atoms with van der Waals surface area (Å²) in [7, 11) is 0. The van der Waals surface area contributed by atoms with Crippen LogP contribution in [-0.4, -0.2) is 24.3 Å². The Hall–Kier alpha value is -3.47. The molecule has 3 aromatic rings. The number of fused-ring (bicyclic) bond motifs is 1. The molecule has 1 aliphatic rings. The first-order chi connectivity index (χ1) is 14.2. The van der Waals surface area contributed by atoms with Crippen LogP contribution in [0.4, 0.5) is 10.5 Å². The average Bonchev–Trinajstić information content (AvgIpc) is 3.22. The number of nitrogens with one attached hydrogen (secondary N) is 1. The molecule has 5 heteroatoms. The molecule has 0 saturated carbocycles. The molecule has 0 unspecified atom stereocenters. The summed E-state index contributed by atoms with van der Waals surface area (Å²) < 4.78 is 10.8. The van der Waals surface area contributed by atoms with E-state index in [4.69, 9.17) is 9.47 Å². The molecule has 0 aromatic heterocycles. The van der Waals surface area contributed by atoms with Gasteiger partial charge in [0.2, 0.25) is 6.79 Å². The van der Waals surface area contributed by atoms with Gasteiger partial charge in [0.05, 0.1) is 0 Å². The van der Waals surface area contributed by atoms with E-state index in [0.717, 1.165) is 34.7 Å². The van der Waals surface area contributed by atoms with Crippen molar-refractivity contribution in [2.24, 2.45) is 0 Å². The molecular formula is C24H24N2O3. The number of hydrogen-bond acceptors (Lipinski definition) is 3. The number of nitrogens with zero attached hydrogens (tertiary/aromatic N) is 1. The normalized spacial score (nSPS) is 11.9. The Balaban J connectivity index is 1.46. The first kappa shape index (κ1) is 18.9. The zero-order chi connectivity index (χ0) is 20.1. The van der Waals surface area contributed by atoms with Crippen LogP contribution in [0.5, 0.6) is 11.5 Å². The third kappa shape index (κ3) is 4.51. The lowest BCUT2D eigenvalue weighted by atomic mass is 10.0. The molecule has 0 radical (unpaired) electrons. The van der Waals surface area contributed by atoms with Crippen LogP contribution >= 0.6 is 0 Å². The Bertz CT molecular complexity index is 988. The molecule has 0 bridgehead atoms. The highest BCUT2D eigenvalue weighted by atomic mass is 16.7. The van der Waals surface area contributed by atoms with Gasteiger partial charge in [-0.15, -0.1) is 0 Å². The topological polar surface area (TPSA) is 50.8 Å². The van der Waals surface area contributed by atoms with Gasteiger partial charge in [0, 0.05) is 18.8 Å². The van der Waals surface area contributed by atoms with Crippen molar-refractivity contribution in [3.05, 3.63) is 89.5 Å². The van der Waals surface area contributed by atoms with Crippen LogP contribution in [0.3, 0.4) is 0 Å². The van der Waals surface area contributed by atoms with Gasteiger partial charge >= 0.3 is 6.03 Å². The highest BCUT2D eigenvalue weighted by molar-refractivity contribution is 5.90. The Kier molecular flexibility index (Phi) is 5.66. The molecule has 2 amide bonds. The van der Waals surface area contributed by atoms with E-state index < -0.39 is 0 Å². The fourth-order valence-electron chi connectivity index (χ4n) is 3.39. The van der Waals surface area contributed by atoms with Gasteiger partial charge in [0.1, 0.15) is 0 Å². The molecule has 4 rings (SSSR count). The number of ether oxygens (including phenoxy) is 2. The quantitative estimate of drug-likeness (QED) is 0.642. The molecular weight excluding hydrogens is 364 g/mol. The summed E-state index contributed by atoms with van der Waals surface area (Å²) >= 11 is 0. The molecule has 0 fully saturated rings. The number of amides is 2. The van der Waals surface area contributed by atoms with E-state index in [1.54, 1.807) is 4.90 Å². The minimum atomic E-state index is -0.120. The highest BCUT2D eigenvalue weighted by Crippen LogP contribution is 2.32. The number of urea groups is 1. The van der Waals surface area contributed by atoms with Crippen LogP contribution in [0.1, 0.15) is 23.6 Å². The van der Waals surface area contributed by atoms with Gasteiger partial charge in [-0.3, -0.25) is 0 Å². The van der Waals surface area contributed by atoms with E-state index in [-0.39, 0.29) is 12.8 Å². The van der Waals surface area contributed by atoms with Crippen LogP contribution in [0.15, 0.2) is 72.8 Å². The first-order valence-electron chi connectivity index (χ1n) is 9.79. The summed E-state index contributed by atoms with van der Waals surface area (Å²) in [4.78, 5) is 14.7. The zero-order valence-corrected chi connectivity index (χ0v) is 16.4. The van der Waals surface area contributed by atoms with E-state index >= 15 is 0 Å². The summed E-state index contributed by atoms with van der Waals surface area (Å²) in [6.45, 7) is 3.32. The maximum absolute atomic E-state index is 12.9. The monoisotopic (exact) mass is 388 g/mol. The fraction of sp³-hybridized carbons (Fsp3) is 0.208. The maximum Gasteiger partial charge on any atom is 0.322 e. The molecule has 0 spiro atoms. The van der Waals surface area contributed by atoms with Gasteiger partial charge in [-0.2, -0.15) is 0 Å². The Labute approximate surface area is 170 Å². The molecule has 0 atom stereocenters. The number of carbonyl (C=O) groups is 1. The first-order valence-corrected chi connectivity index (χ1v) is 9.79. The van der Waals surface area contributed by atoms with Crippen molar-refractivity contribution in [1.29, 1.82) is 0 Å². The van der Waals surface area contributed by atoms with Gasteiger partial charge in [-0.1, -0.05) is 54.6 Å². The summed E-state index contributed by atoms with van der Waals surface area (Å²) in [6, 6.07) is 23.9. The smallest absolute Gasteiger partial charge is 0.322 e. The number of para-hydroxylation sites is 1. The fourth-order valence-corrected chi connectivity index (χ4v) is 3.39. The van der Waals surface area contributed by atoms with Crippen LogP contribution in [0, 0.1) is 0 Å². The summed E-state index contributed by atoms with van der Waals surface area (Å²) in [5, 5.41) is 3.09. The van der Waals surface area contributed by atoms with Crippen molar-refractivity contribution in [2.45, 2.75) is 19.9 Å². The van der Waals surface area contributed by atoms with Crippen molar-refractivity contribution in [2.75, 3.05) is 18.7 Å². The van der Waals surface area contributed by atoms with Crippen LogP contribution in [-0.2, 0) is 13.0 Å². The molecule has 29 heavy (non-hydrogen) atoms. The molecule has 1 aliphatic heterocycles. The Morgan fingerprint density at radius 2 is 1.69 bits per heavy atom. The summed E-state index contributed by atoms with van der Waals surface area (Å²) in [5.41, 5.74) is 4.14. The second-order valence-corrected chi connectivity index (χ2v) is 6.95.